The summed E-state index contributed by atoms with van der Waals surface area (Å²) in [4.78, 5) is 17.0. The third kappa shape index (κ3) is 3.66. The second-order valence-electron chi connectivity index (χ2n) is 5.25. The van der Waals surface area contributed by atoms with E-state index in [2.05, 4.69) is 16.4 Å². The fourth-order valence-electron chi connectivity index (χ4n) is 2.33. The minimum absolute atomic E-state index is 0.315. The van der Waals surface area contributed by atoms with E-state index in [1.807, 2.05) is 17.5 Å². The lowest BCUT2D eigenvalue weighted by atomic mass is 10.1. The molecule has 0 bridgehead atoms. The number of nitrogens with one attached hydrogen (secondary N) is 1. The van der Waals surface area contributed by atoms with E-state index in [0.717, 1.165) is 11.3 Å². The summed E-state index contributed by atoms with van der Waals surface area (Å²) in [5, 5.41) is 14.0. The molecule has 6 nitrogen and oxygen atoms in total. The average Bonchev–Trinajstić information content (AvgIpc) is 3.15. The Labute approximate surface area is 154 Å². The van der Waals surface area contributed by atoms with Crippen molar-refractivity contribution in [1.82, 2.24) is 4.98 Å². The number of nitrogens with zero attached hydrogens (tertiary/aromatic N) is 2. The number of carbonyl (C=O) groups excluding carboxylic acids is 1. The van der Waals surface area contributed by atoms with Crippen molar-refractivity contribution < 1.29 is 14.3 Å². The number of aromatic nitrogens is 1. The standard InChI is InChI=1S/C19H15N3O3S/c1-24-14-7-8-15(17(9-14)25-2)18(23)22-19-21-16(11-26-19)13-5-3-12(10-20)4-6-13/h3-9,11H,1-2H3,(H,21,22,23). The third-order valence-electron chi connectivity index (χ3n) is 3.69. The van der Waals surface area contributed by atoms with Crippen LogP contribution in [0.4, 0.5) is 5.13 Å². The molecule has 0 atom stereocenters. The van der Waals surface area contributed by atoms with Crippen LogP contribution in [0.5, 0.6) is 11.5 Å². The van der Waals surface area contributed by atoms with Gasteiger partial charge < -0.3 is 9.47 Å². The molecule has 3 rings (SSSR count). The van der Waals surface area contributed by atoms with Crippen molar-refractivity contribution in [3.8, 4) is 28.8 Å². The first-order valence-electron chi connectivity index (χ1n) is 7.64. The van der Waals surface area contributed by atoms with E-state index in [4.69, 9.17) is 14.7 Å². The maximum atomic E-state index is 12.5. The van der Waals surface area contributed by atoms with Crippen molar-refractivity contribution in [2.24, 2.45) is 0 Å². The normalized spacial score (nSPS) is 10.0. The molecule has 7 heteroatoms. The van der Waals surface area contributed by atoms with Crippen LogP contribution in [0.1, 0.15) is 15.9 Å². The molecule has 0 unspecified atom stereocenters. The fraction of sp³-hybridized carbons (Fsp3) is 0.105. The van der Waals surface area contributed by atoms with Crippen LogP contribution in [0, 0.1) is 11.3 Å². The van der Waals surface area contributed by atoms with Crippen LogP contribution in [0.2, 0.25) is 0 Å². The van der Waals surface area contributed by atoms with Crippen LogP contribution in [-0.4, -0.2) is 25.1 Å². The Morgan fingerprint density at radius 3 is 2.58 bits per heavy atom. The van der Waals surface area contributed by atoms with Gasteiger partial charge in [0.15, 0.2) is 5.13 Å². The van der Waals surface area contributed by atoms with E-state index in [9.17, 15) is 4.79 Å². The van der Waals surface area contributed by atoms with Crippen molar-refractivity contribution in [2.45, 2.75) is 0 Å². The minimum Gasteiger partial charge on any atom is -0.497 e. The molecule has 0 spiro atoms. The fourth-order valence-corrected chi connectivity index (χ4v) is 3.04. The summed E-state index contributed by atoms with van der Waals surface area (Å²) in [5.74, 6) is 0.715. The Hall–Kier alpha value is -3.37. The van der Waals surface area contributed by atoms with Gasteiger partial charge in [-0.15, -0.1) is 11.3 Å². The highest BCUT2D eigenvalue weighted by atomic mass is 32.1. The molecule has 1 heterocycles. The number of amides is 1. The monoisotopic (exact) mass is 365 g/mol. The van der Waals surface area contributed by atoms with Crippen molar-refractivity contribution in [1.29, 1.82) is 5.26 Å². The molecular formula is C19H15N3O3S. The van der Waals surface area contributed by atoms with E-state index in [0.29, 0.717) is 27.8 Å². The highest BCUT2D eigenvalue weighted by Gasteiger charge is 2.15. The zero-order valence-corrected chi connectivity index (χ0v) is 15.0. The zero-order chi connectivity index (χ0) is 18.5. The molecular weight excluding hydrogens is 350 g/mol. The van der Waals surface area contributed by atoms with E-state index >= 15 is 0 Å². The highest BCUT2D eigenvalue weighted by Crippen LogP contribution is 2.28. The lowest BCUT2D eigenvalue weighted by Crippen LogP contribution is -2.13. The first kappa shape index (κ1) is 17.5. The van der Waals surface area contributed by atoms with Crippen molar-refractivity contribution >= 4 is 22.4 Å². The molecule has 0 saturated heterocycles. The van der Waals surface area contributed by atoms with Gasteiger partial charge in [0.2, 0.25) is 0 Å². The summed E-state index contributed by atoms with van der Waals surface area (Å²) in [6, 6.07) is 14.2. The second-order valence-corrected chi connectivity index (χ2v) is 6.11. The molecule has 1 aromatic heterocycles. The number of hydrogen-bond donors (Lipinski definition) is 1. The van der Waals surface area contributed by atoms with Gasteiger partial charge in [-0.3, -0.25) is 10.1 Å². The maximum Gasteiger partial charge on any atom is 0.261 e. The number of carbonyl (C=O) groups is 1. The van der Waals surface area contributed by atoms with Crippen LogP contribution in [-0.2, 0) is 0 Å². The van der Waals surface area contributed by atoms with Crippen molar-refractivity contribution in [3.05, 3.63) is 59.0 Å². The SMILES string of the molecule is COc1ccc(C(=O)Nc2nc(-c3ccc(C#N)cc3)cs2)c(OC)c1. The van der Waals surface area contributed by atoms with Gasteiger partial charge in [-0.25, -0.2) is 4.98 Å². The number of methoxy groups -OCH3 is 2. The Morgan fingerprint density at radius 2 is 1.92 bits per heavy atom. The molecule has 1 N–H and O–H groups in total. The molecule has 0 fully saturated rings. The Balaban J connectivity index is 1.78. The van der Waals surface area contributed by atoms with Crippen LogP contribution >= 0.6 is 11.3 Å². The summed E-state index contributed by atoms with van der Waals surface area (Å²) >= 11 is 1.32. The van der Waals surface area contributed by atoms with Crippen molar-refractivity contribution in [3.63, 3.8) is 0 Å². The summed E-state index contributed by atoms with van der Waals surface area (Å²) < 4.78 is 10.4. The Kier molecular flexibility index (Phi) is 5.15. The van der Waals surface area contributed by atoms with Gasteiger partial charge in [-0.2, -0.15) is 5.26 Å². The summed E-state index contributed by atoms with van der Waals surface area (Å²) in [6.45, 7) is 0. The molecule has 130 valence electrons. The van der Waals surface area contributed by atoms with E-state index in [1.165, 1.54) is 18.4 Å². The van der Waals surface area contributed by atoms with Gasteiger partial charge in [0.25, 0.3) is 5.91 Å². The molecule has 0 aliphatic heterocycles. The van der Waals surface area contributed by atoms with Crippen LogP contribution in [0.15, 0.2) is 47.8 Å². The molecule has 0 aliphatic rings. The quantitative estimate of drug-likeness (QED) is 0.740. The van der Waals surface area contributed by atoms with Gasteiger partial charge in [0.05, 0.1) is 37.1 Å². The lowest BCUT2D eigenvalue weighted by Gasteiger charge is -2.09. The molecule has 1 amide bonds. The number of ether oxygens (including phenoxy) is 2. The molecule has 0 saturated carbocycles. The van der Waals surface area contributed by atoms with Gasteiger partial charge in [-0.05, 0) is 24.3 Å². The van der Waals surface area contributed by atoms with E-state index in [-0.39, 0.29) is 5.91 Å². The number of hydrogen-bond acceptors (Lipinski definition) is 6. The van der Waals surface area contributed by atoms with Crippen LogP contribution in [0.3, 0.4) is 0 Å². The number of nitriles is 1. The van der Waals surface area contributed by atoms with Crippen LogP contribution < -0.4 is 14.8 Å². The van der Waals surface area contributed by atoms with Gasteiger partial charge >= 0.3 is 0 Å². The maximum absolute atomic E-state index is 12.5. The molecule has 0 radical (unpaired) electrons. The first-order valence-corrected chi connectivity index (χ1v) is 8.52. The summed E-state index contributed by atoms with van der Waals surface area (Å²) in [5.41, 5.74) is 2.59. The lowest BCUT2D eigenvalue weighted by molar-refractivity contribution is 0.102. The largest absolute Gasteiger partial charge is 0.497 e. The minimum atomic E-state index is -0.315. The topological polar surface area (TPSA) is 84.2 Å². The molecule has 26 heavy (non-hydrogen) atoms. The first-order chi connectivity index (χ1) is 12.6. The second kappa shape index (κ2) is 7.68. The number of benzene rings is 2. The molecule has 2 aromatic carbocycles. The number of thiazole rings is 1. The number of rotatable bonds is 5. The predicted molar refractivity (Wildman–Crippen MR) is 99.8 cm³/mol. The van der Waals surface area contributed by atoms with Crippen LogP contribution in [0.25, 0.3) is 11.3 Å². The van der Waals surface area contributed by atoms with E-state index < -0.39 is 0 Å². The van der Waals surface area contributed by atoms with Gasteiger partial charge in [-0.1, -0.05) is 12.1 Å². The molecule has 0 aliphatic carbocycles. The Morgan fingerprint density at radius 1 is 1.15 bits per heavy atom. The van der Waals surface area contributed by atoms with Gasteiger partial charge in [0.1, 0.15) is 11.5 Å². The predicted octanol–water partition coefficient (Wildman–Crippen LogP) is 3.95. The van der Waals surface area contributed by atoms with Crippen molar-refractivity contribution in [2.75, 3.05) is 19.5 Å². The average molecular weight is 365 g/mol. The Bertz CT molecular complexity index is 974. The summed E-state index contributed by atoms with van der Waals surface area (Å²) in [7, 11) is 3.05. The van der Waals surface area contributed by atoms with Gasteiger partial charge in [0, 0.05) is 17.0 Å². The van der Waals surface area contributed by atoms with E-state index in [1.54, 1.807) is 37.4 Å². The zero-order valence-electron chi connectivity index (χ0n) is 14.1. The number of anilines is 1. The third-order valence-corrected chi connectivity index (χ3v) is 4.45. The molecule has 3 aromatic rings. The smallest absolute Gasteiger partial charge is 0.261 e. The summed E-state index contributed by atoms with van der Waals surface area (Å²) in [6.07, 6.45) is 0. The highest BCUT2D eigenvalue weighted by molar-refractivity contribution is 7.14.